The lowest BCUT2D eigenvalue weighted by Crippen LogP contribution is -2.39. The molecule has 3 rings (SSSR count). The third-order valence-corrected chi connectivity index (χ3v) is 5.49. The molecule has 1 aliphatic rings. The SMILES string of the molecule is CCn1c(C)cc(C(=O)N2CCC(n3ncc(C(=O)O)c3C)CC2)c1C. The molecule has 0 saturated carbocycles. The van der Waals surface area contributed by atoms with Crippen molar-refractivity contribution in [3.05, 3.63) is 40.5 Å². The van der Waals surface area contributed by atoms with Crippen LogP contribution in [0.15, 0.2) is 12.3 Å². The third-order valence-electron chi connectivity index (χ3n) is 5.49. The van der Waals surface area contributed by atoms with E-state index < -0.39 is 5.97 Å². The molecule has 0 aliphatic carbocycles. The Kier molecular flexibility index (Phi) is 4.89. The number of aromatic nitrogens is 3. The summed E-state index contributed by atoms with van der Waals surface area (Å²) in [6.45, 7) is 10.1. The normalized spacial score (nSPS) is 15.5. The molecule has 3 heterocycles. The summed E-state index contributed by atoms with van der Waals surface area (Å²) in [4.78, 5) is 26.0. The molecule has 0 bridgehead atoms. The maximum atomic E-state index is 12.9. The van der Waals surface area contributed by atoms with Gasteiger partial charge in [0.25, 0.3) is 5.91 Å². The zero-order chi connectivity index (χ0) is 19.0. The first kappa shape index (κ1) is 18.2. The summed E-state index contributed by atoms with van der Waals surface area (Å²) < 4.78 is 3.95. The van der Waals surface area contributed by atoms with Crippen LogP contribution in [0.3, 0.4) is 0 Å². The van der Waals surface area contributed by atoms with Gasteiger partial charge >= 0.3 is 5.97 Å². The van der Waals surface area contributed by atoms with Gasteiger partial charge in [-0.1, -0.05) is 0 Å². The first-order valence-electron chi connectivity index (χ1n) is 9.08. The fourth-order valence-electron chi connectivity index (χ4n) is 3.99. The van der Waals surface area contributed by atoms with Gasteiger partial charge in [-0.2, -0.15) is 5.10 Å². The second-order valence-corrected chi connectivity index (χ2v) is 6.95. The summed E-state index contributed by atoms with van der Waals surface area (Å²) in [5.41, 5.74) is 3.83. The van der Waals surface area contributed by atoms with Crippen molar-refractivity contribution in [1.82, 2.24) is 19.2 Å². The van der Waals surface area contributed by atoms with Crippen LogP contribution in [-0.4, -0.2) is 49.3 Å². The Morgan fingerprint density at radius 3 is 2.31 bits per heavy atom. The number of carboxylic acid groups (broad SMARTS) is 1. The highest BCUT2D eigenvalue weighted by molar-refractivity contribution is 5.95. The number of amides is 1. The van der Waals surface area contributed by atoms with Gasteiger partial charge in [0, 0.05) is 31.0 Å². The quantitative estimate of drug-likeness (QED) is 0.911. The van der Waals surface area contributed by atoms with Gasteiger partial charge in [0.05, 0.1) is 23.5 Å². The van der Waals surface area contributed by atoms with Crippen LogP contribution >= 0.6 is 0 Å². The molecule has 1 aliphatic heterocycles. The second-order valence-electron chi connectivity index (χ2n) is 6.95. The fourth-order valence-corrected chi connectivity index (χ4v) is 3.99. The second kappa shape index (κ2) is 6.97. The fraction of sp³-hybridized carbons (Fsp3) is 0.526. The van der Waals surface area contributed by atoms with E-state index in [4.69, 9.17) is 0 Å². The summed E-state index contributed by atoms with van der Waals surface area (Å²) in [5, 5.41) is 13.4. The van der Waals surface area contributed by atoms with Crippen molar-refractivity contribution < 1.29 is 14.7 Å². The highest BCUT2D eigenvalue weighted by atomic mass is 16.4. The molecule has 0 radical (unpaired) electrons. The number of hydrogen-bond donors (Lipinski definition) is 1. The van der Waals surface area contributed by atoms with E-state index in [1.807, 2.05) is 24.8 Å². The van der Waals surface area contributed by atoms with Gasteiger partial charge in [-0.05, 0) is 46.6 Å². The number of carboxylic acids is 1. The molecule has 1 N–H and O–H groups in total. The van der Waals surface area contributed by atoms with Crippen LogP contribution in [0.1, 0.15) is 63.6 Å². The standard InChI is InChI=1S/C19H26N4O3/c1-5-22-12(2)10-16(13(22)3)18(24)21-8-6-15(7-9-21)23-14(4)17(11-20-23)19(25)26/h10-11,15H,5-9H2,1-4H3,(H,25,26). The number of aryl methyl sites for hydroxylation is 1. The Bertz CT molecular complexity index is 841. The highest BCUT2D eigenvalue weighted by Crippen LogP contribution is 2.26. The molecule has 0 spiro atoms. The number of rotatable bonds is 4. The van der Waals surface area contributed by atoms with Gasteiger partial charge in [-0.15, -0.1) is 0 Å². The van der Waals surface area contributed by atoms with Crippen LogP contribution in [0, 0.1) is 20.8 Å². The molecule has 26 heavy (non-hydrogen) atoms. The van der Waals surface area contributed by atoms with Crippen LogP contribution < -0.4 is 0 Å². The number of nitrogens with zero attached hydrogens (tertiary/aromatic N) is 4. The van der Waals surface area contributed by atoms with Crippen molar-refractivity contribution in [2.24, 2.45) is 0 Å². The molecule has 2 aromatic rings. The van der Waals surface area contributed by atoms with Gasteiger partial charge < -0.3 is 14.6 Å². The van der Waals surface area contributed by atoms with Gasteiger partial charge in [0.1, 0.15) is 5.56 Å². The highest BCUT2D eigenvalue weighted by Gasteiger charge is 2.28. The van der Waals surface area contributed by atoms with Crippen molar-refractivity contribution in [3.63, 3.8) is 0 Å². The van der Waals surface area contributed by atoms with E-state index in [0.717, 1.165) is 36.3 Å². The number of likely N-dealkylation sites (tertiary alicyclic amines) is 1. The smallest absolute Gasteiger partial charge is 0.339 e. The molecule has 7 nitrogen and oxygen atoms in total. The Labute approximate surface area is 153 Å². The maximum Gasteiger partial charge on any atom is 0.339 e. The van der Waals surface area contributed by atoms with E-state index in [0.29, 0.717) is 18.8 Å². The average molecular weight is 358 g/mol. The lowest BCUT2D eigenvalue weighted by molar-refractivity contribution is 0.0687. The molecular formula is C19H26N4O3. The molecule has 140 valence electrons. The van der Waals surface area contributed by atoms with E-state index in [2.05, 4.69) is 16.6 Å². The molecule has 1 saturated heterocycles. The van der Waals surface area contributed by atoms with E-state index in [1.54, 1.807) is 11.6 Å². The van der Waals surface area contributed by atoms with Gasteiger partial charge in [0.15, 0.2) is 0 Å². The predicted molar refractivity (Wildman–Crippen MR) is 97.7 cm³/mol. The Balaban J connectivity index is 1.71. The first-order chi connectivity index (χ1) is 12.3. The van der Waals surface area contributed by atoms with Gasteiger partial charge in [-0.25, -0.2) is 4.79 Å². The van der Waals surface area contributed by atoms with Gasteiger partial charge in [0.2, 0.25) is 0 Å². The topological polar surface area (TPSA) is 80.4 Å². The van der Waals surface area contributed by atoms with Crippen LogP contribution in [0.25, 0.3) is 0 Å². The molecule has 0 unspecified atom stereocenters. The van der Waals surface area contributed by atoms with Crippen LogP contribution in [0.5, 0.6) is 0 Å². The minimum absolute atomic E-state index is 0.0830. The summed E-state index contributed by atoms with van der Waals surface area (Å²) in [5.74, 6) is -0.868. The molecule has 2 aromatic heterocycles. The lowest BCUT2D eigenvalue weighted by atomic mass is 10.0. The van der Waals surface area contributed by atoms with E-state index in [-0.39, 0.29) is 17.5 Å². The molecule has 0 atom stereocenters. The largest absolute Gasteiger partial charge is 0.478 e. The van der Waals surface area contributed by atoms with Crippen molar-refractivity contribution in [1.29, 1.82) is 0 Å². The number of hydrogen-bond acceptors (Lipinski definition) is 3. The molecule has 1 amide bonds. The number of piperidine rings is 1. The van der Waals surface area contributed by atoms with E-state index >= 15 is 0 Å². The average Bonchev–Trinajstić information content (AvgIpc) is 3.14. The Morgan fingerprint density at radius 1 is 1.15 bits per heavy atom. The summed E-state index contributed by atoms with van der Waals surface area (Å²) >= 11 is 0. The predicted octanol–water partition coefficient (Wildman–Crippen LogP) is 2.81. The number of carbonyl (C=O) groups is 2. The molecule has 1 fully saturated rings. The van der Waals surface area contributed by atoms with Gasteiger partial charge in [-0.3, -0.25) is 9.48 Å². The van der Waals surface area contributed by atoms with E-state index in [1.165, 1.54) is 6.20 Å². The van der Waals surface area contributed by atoms with Crippen molar-refractivity contribution in [3.8, 4) is 0 Å². The van der Waals surface area contributed by atoms with Crippen LogP contribution in [0.2, 0.25) is 0 Å². The number of aromatic carboxylic acids is 1. The molecule has 0 aromatic carbocycles. The van der Waals surface area contributed by atoms with Crippen molar-refractivity contribution in [2.75, 3.05) is 13.1 Å². The van der Waals surface area contributed by atoms with Crippen molar-refractivity contribution >= 4 is 11.9 Å². The van der Waals surface area contributed by atoms with Crippen LogP contribution in [0.4, 0.5) is 0 Å². The summed E-state index contributed by atoms with van der Waals surface area (Å²) in [6.07, 6.45) is 2.97. The molecule has 7 heteroatoms. The monoisotopic (exact) mass is 358 g/mol. The minimum atomic E-state index is -0.951. The zero-order valence-electron chi connectivity index (χ0n) is 15.8. The van der Waals surface area contributed by atoms with E-state index in [9.17, 15) is 14.7 Å². The molecular weight excluding hydrogens is 332 g/mol. The third kappa shape index (κ3) is 3.02. The summed E-state index contributed by atoms with van der Waals surface area (Å²) in [7, 11) is 0. The summed E-state index contributed by atoms with van der Waals surface area (Å²) in [6, 6.07) is 2.11. The lowest BCUT2D eigenvalue weighted by Gasteiger charge is -2.32. The Hall–Kier alpha value is -2.57. The van der Waals surface area contributed by atoms with Crippen molar-refractivity contribution in [2.45, 2.75) is 53.1 Å². The zero-order valence-corrected chi connectivity index (χ0v) is 15.8. The number of carbonyl (C=O) groups excluding carboxylic acids is 1. The first-order valence-corrected chi connectivity index (χ1v) is 9.08. The Morgan fingerprint density at radius 2 is 1.81 bits per heavy atom. The maximum absolute atomic E-state index is 12.9. The van der Waals surface area contributed by atoms with Crippen LogP contribution in [-0.2, 0) is 6.54 Å². The minimum Gasteiger partial charge on any atom is -0.478 e.